The number of halogens is 4. The largest absolute Gasteiger partial charge is 0.469 e. The Morgan fingerprint density at radius 2 is 2.17 bits per heavy atom. The van der Waals surface area contributed by atoms with E-state index in [4.69, 9.17) is 20.8 Å². The number of ether oxygens (including phenoxy) is 1. The molecule has 1 aliphatic rings. The first kappa shape index (κ1) is 21.0. The summed E-state index contributed by atoms with van der Waals surface area (Å²) in [5.74, 6) is -1.41. The molecule has 1 fully saturated rings. The third-order valence-electron chi connectivity index (χ3n) is 4.94. The Bertz CT molecular complexity index is 1070. The van der Waals surface area contributed by atoms with Gasteiger partial charge in [-0.05, 0) is 25.1 Å². The molecule has 30 heavy (non-hydrogen) atoms. The van der Waals surface area contributed by atoms with Crippen LogP contribution in [-0.4, -0.2) is 35.5 Å². The van der Waals surface area contributed by atoms with Crippen LogP contribution in [0.2, 0.25) is 4.34 Å². The summed E-state index contributed by atoms with van der Waals surface area (Å²) in [5, 5.41) is 4.20. The summed E-state index contributed by atoms with van der Waals surface area (Å²) in [7, 11) is 1.73. The minimum atomic E-state index is -4.41. The third-order valence-corrected chi connectivity index (χ3v) is 6.15. The Morgan fingerprint density at radius 1 is 1.40 bits per heavy atom. The molecule has 0 spiro atoms. The van der Waals surface area contributed by atoms with Gasteiger partial charge in [-0.2, -0.15) is 23.0 Å². The maximum Gasteiger partial charge on any atom is 0.396 e. The van der Waals surface area contributed by atoms with Gasteiger partial charge in [0, 0.05) is 18.0 Å². The number of carbonyl (C=O) groups excluding carboxylic acids is 1. The summed E-state index contributed by atoms with van der Waals surface area (Å²) in [6.07, 6.45) is -4.27. The molecule has 2 unspecified atom stereocenters. The number of hydrogen-bond acceptors (Lipinski definition) is 6. The topological polar surface area (TPSA) is 60.5 Å². The van der Waals surface area contributed by atoms with E-state index in [0.29, 0.717) is 22.5 Å². The van der Waals surface area contributed by atoms with Crippen molar-refractivity contribution in [3.8, 4) is 0 Å². The van der Waals surface area contributed by atoms with Crippen LogP contribution in [0.25, 0.3) is 0 Å². The lowest BCUT2D eigenvalue weighted by Crippen LogP contribution is -2.43. The van der Waals surface area contributed by atoms with Gasteiger partial charge in [-0.15, -0.1) is 11.3 Å². The Kier molecular flexibility index (Phi) is 5.41. The Balaban J connectivity index is 1.70. The lowest BCUT2D eigenvalue weighted by molar-refractivity contribution is -0.277. The highest BCUT2D eigenvalue weighted by Gasteiger charge is 2.53. The van der Waals surface area contributed by atoms with Crippen molar-refractivity contribution in [1.29, 1.82) is 0 Å². The number of hydrogen-bond donors (Lipinski definition) is 0. The van der Waals surface area contributed by atoms with Crippen molar-refractivity contribution in [2.45, 2.75) is 25.7 Å². The van der Waals surface area contributed by atoms with Gasteiger partial charge in [-0.1, -0.05) is 11.6 Å². The van der Waals surface area contributed by atoms with Crippen molar-refractivity contribution < 1.29 is 27.1 Å². The van der Waals surface area contributed by atoms with E-state index in [1.54, 1.807) is 24.9 Å². The van der Waals surface area contributed by atoms with Gasteiger partial charge < -0.3 is 14.1 Å². The van der Waals surface area contributed by atoms with Crippen LogP contribution in [-0.2, 0) is 11.3 Å². The Labute approximate surface area is 178 Å². The number of thiophene rings is 1. The molecule has 160 valence electrons. The molecular formula is C19H17ClF3N3O3S. The van der Waals surface area contributed by atoms with Crippen LogP contribution < -0.4 is 4.90 Å². The first-order chi connectivity index (χ1) is 14.1. The molecule has 0 bridgehead atoms. The van der Waals surface area contributed by atoms with Crippen molar-refractivity contribution >= 4 is 34.7 Å². The quantitative estimate of drug-likeness (QED) is 0.533. The average molecular weight is 460 g/mol. The van der Waals surface area contributed by atoms with E-state index >= 15 is 0 Å². The molecule has 2 atom stereocenters. The zero-order chi connectivity index (χ0) is 21.6. The normalized spacial score (nSPS) is 19.0. The average Bonchev–Trinajstić information content (AvgIpc) is 3.32. The molecule has 0 N–H and O–H groups in total. The summed E-state index contributed by atoms with van der Waals surface area (Å²) in [6.45, 7) is 1.60. The zero-order valence-electron chi connectivity index (χ0n) is 15.9. The highest BCUT2D eigenvalue weighted by molar-refractivity contribution is 7.16. The van der Waals surface area contributed by atoms with Gasteiger partial charge in [0.25, 0.3) is 5.91 Å². The fraction of sp³-hybridized carbons (Fsp3) is 0.368. The summed E-state index contributed by atoms with van der Waals surface area (Å²) in [4.78, 5) is 15.7. The van der Waals surface area contributed by atoms with Crippen molar-refractivity contribution in [1.82, 2.24) is 9.78 Å². The Hall–Kier alpha value is -2.30. The van der Waals surface area contributed by atoms with Crippen molar-refractivity contribution in [3.63, 3.8) is 0 Å². The number of alkyl halides is 3. The van der Waals surface area contributed by atoms with Gasteiger partial charge in [0.05, 0.1) is 35.0 Å². The van der Waals surface area contributed by atoms with Gasteiger partial charge in [-0.3, -0.25) is 4.79 Å². The molecule has 4 rings (SSSR count). The van der Waals surface area contributed by atoms with E-state index in [2.05, 4.69) is 5.10 Å². The standard InChI is InChI=1S/C19H17ClF3N3O3S/c1-10-12(5-6-28-10)18(27)26-16(25(2)8-11-3-4-15(20)30-11)7-14(24-26)17-13(9-29-17)19(21,22)23/h3-7,13,17H,8-9H2,1-2H3. The van der Waals surface area contributed by atoms with E-state index in [9.17, 15) is 18.0 Å². The lowest BCUT2D eigenvalue weighted by Gasteiger charge is -2.36. The predicted molar refractivity (Wildman–Crippen MR) is 105 cm³/mol. The fourth-order valence-corrected chi connectivity index (χ4v) is 4.41. The van der Waals surface area contributed by atoms with Gasteiger partial charge in [-0.25, -0.2) is 0 Å². The maximum atomic E-state index is 13.2. The molecule has 4 heterocycles. The molecule has 3 aromatic rings. The van der Waals surface area contributed by atoms with Crippen LogP contribution >= 0.6 is 22.9 Å². The van der Waals surface area contributed by atoms with Crippen LogP contribution in [0, 0.1) is 12.8 Å². The van der Waals surface area contributed by atoms with E-state index in [1.165, 1.54) is 29.7 Å². The SMILES string of the molecule is Cc1occc1C(=O)n1nc(C2OCC2C(F)(F)F)cc1N(C)Cc1ccc(Cl)s1. The zero-order valence-corrected chi connectivity index (χ0v) is 17.5. The lowest BCUT2D eigenvalue weighted by atomic mass is 9.95. The third kappa shape index (κ3) is 3.86. The second-order valence-electron chi connectivity index (χ2n) is 7.00. The highest BCUT2D eigenvalue weighted by atomic mass is 35.5. The minimum Gasteiger partial charge on any atom is -0.469 e. The molecule has 1 saturated heterocycles. The molecule has 11 heteroatoms. The molecule has 6 nitrogen and oxygen atoms in total. The molecule has 3 aromatic heterocycles. The van der Waals surface area contributed by atoms with Crippen molar-refractivity contribution in [2.24, 2.45) is 5.92 Å². The van der Waals surface area contributed by atoms with E-state index < -0.39 is 30.7 Å². The second-order valence-corrected chi connectivity index (χ2v) is 8.80. The maximum absolute atomic E-state index is 13.2. The number of nitrogens with zero attached hydrogens (tertiary/aromatic N) is 3. The fourth-order valence-electron chi connectivity index (χ4n) is 3.27. The van der Waals surface area contributed by atoms with E-state index in [-0.39, 0.29) is 11.3 Å². The minimum absolute atomic E-state index is 0.0594. The summed E-state index contributed by atoms with van der Waals surface area (Å²) in [6, 6.07) is 6.57. The predicted octanol–water partition coefficient (Wildman–Crippen LogP) is 5.07. The number of aryl methyl sites for hydroxylation is 1. The highest BCUT2D eigenvalue weighted by Crippen LogP contribution is 2.45. The monoisotopic (exact) mass is 459 g/mol. The van der Waals surface area contributed by atoms with Crippen molar-refractivity contribution in [2.75, 3.05) is 18.6 Å². The first-order valence-electron chi connectivity index (χ1n) is 8.97. The summed E-state index contributed by atoms with van der Waals surface area (Å²) < 4.78 is 51.7. The number of anilines is 1. The number of aromatic nitrogens is 2. The number of carbonyl (C=O) groups is 1. The van der Waals surface area contributed by atoms with Gasteiger partial charge in [0.15, 0.2) is 0 Å². The molecule has 1 aliphatic heterocycles. The van der Waals surface area contributed by atoms with Gasteiger partial charge in [0.1, 0.15) is 23.6 Å². The smallest absolute Gasteiger partial charge is 0.396 e. The summed E-state index contributed by atoms with van der Waals surface area (Å²) >= 11 is 7.36. The summed E-state index contributed by atoms with van der Waals surface area (Å²) in [5.41, 5.74) is 0.338. The van der Waals surface area contributed by atoms with Crippen LogP contribution in [0.3, 0.4) is 0 Å². The van der Waals surface area contributed by atoms with E-state index in [1.807, 2.05) is 6.07 Å². The van der Waals surface area contributed by atoms with Gasteiger partial charge in [0.2, 0.25) is 0 Å². The number of rotatable bonds is 5. The molecular weight excluding hydrogens is 443 g/mol. The van der Waals surface area contributed by atoms with Crippen LogP contribution in [0.4, 0.5) is 19.0 Å². The van der Waals surface area contributed by atoms with E-state index in [0.717, 1.165) is 9.56 Å². The molecule has 0 amide bonds. The molecule has 0 radical (unpaired) electrons. The molecule has 0 aromatic carbocycles. The molecule has 0 aliphatic carbocycles. The van der Waals surface area contributed by atoms with Crippen molar-refractivity contribution in [3.05, 3.63) is 56.8 Å². The van der Waals surface area contributed by atoms with Crippen LogP contribution in [0.5, 0.6) is 0 Å². The number of furan rings is 1. The second kappa shape index (κ2) is 7.75. The first-order valence-corrected chi connectivity index (χ1v) is 10.2. The van der Waals surface area contributed by atoms with Crippen LogP contribution in [0.1, 0.15) is 32.8 Å². The van der Waals surface area contributed by atoms with Gasteiger partial charge >= 0.3 is 6.18 Å². The molecule has 0 saturated carbocycles. The van der Waals surface area contributed by atoms with Crippen LogP contribution in [0.15, 0.2) is 34.9 Å². The Morgan fingerprint density at radius 3 is 2.70 bits per heavy atom.